The van der Waals surface area contributed by atoms with E-state index in [-0.39, 0.29) is 6.04 Å². The molecule has 2 aromatic rings. The van der Waals surface area contributed by atoms with Crippen LogP contribution in [0.4, 0.5) is 0 Å². The highest BCUT2D eigenvalue weighted by molar-refractivity contribution is 6.31. The molecule has 2 N–H and O–H groups in total. The van der Waals surface area contributed by atoms with Crippen LogP contribution in [0, 0.1) is 34.6 Å². The second kappa shape index (κ2) is 5.59. The Hall–Kier alpha value is -1.31. The lowest BCUT2D eigenvalue weighted by molar-refractivity contribution is 0.843. The van der Waals surface area contributed by atoms with Gasteiger partial charge in [-0.15, -0.1) is 0 Å². The summed E-state index contributed by atoms with van der Waals surface area (Å²) in [5.74, 6) is 0. The van der Waals surface area contributed by atoms with Gasteiger partial charge in [-0.3, -0.25) is 0 Å². The molecule has 0 radical (unpaired) electrons. The molecule has 1 atom stereocenters. The smallest absolute Gasteiger partial charge is 0.0571 e. The van der Waals surface area contributed by atoms with E-state index in [9.17, 15) is 0 Å². The molecule has 0 heterocycles. The summed E-state index contributed by atoms with van der Waals surface area (Å²) < 4.78 is 0. The Labute approximate surface area is 126 Å². The van der Waals surface area contributed by atoms with Crippen molar-refractivity contribution in [2.24, 2.45) is 5.73 Å². The maximum Gasteiger partial charge on any atom is 0.0571 e. The number of rotatable bonds is 2. The van der Waals surface area contributed by atoms with Gasteiger partial charge in [0.15, 0.2) is 0 Å². The van der Waals surface area contributed by atoms with E-state index in [4.69, 9.17) is 17.3 Å². The fraction of sp³-hybridized carbons (Fsp3) is 0.333. The molecule has 0 saturated carbocycles. The van der Waals surface area contributed by atoms with E-state index < -0.39 is 0 Å². The second-order valence-electron chi connectivity index (χ2n) is 5.54. The quantitative estimate of drug-likeness (QED) is 0.833. The maximum absolute atomic E-state index is 6.52. The minimum Gasteiger partial charge on any atom is -0.320 e. The Kier molecular flexibility index (Phi) is 4.22. The maximum atomic E-state index is 6.52. The first kappa shape index (κ1) is 15.1. The van der Waals surface area contributed by atoms with Crippen molar-refractivity contribution in [3.05, 3.63) is 68.2 Å². The highest BCUT2D eigenvalue weighted by Crippen LogP contribution is 2.34. The Balaban J connectivity index is 2.68. The van der Waals surface area contributed by atoms with Crippen molar-refractivity contribution >= 4 is 11.6 Å². The molecule has 1 nitrogen and oxygen atoms in total. The van der Waals surface area contributed by atoms with Crippen LogP contribution in [0.15, 0.2) is 24.3 Å². The summed E-state index contributed by atoms with van der Waals surface area (Å²) >= 11 is 6.30. The molecule has 0 aliphatic rings. The molecule has 0 bridgehead atoms. The molecule has 106 valence electrons. The predicted octanol–water partition coefficient (Wildman–Crippen LogP) is 4.93. The highest BCUT2D eigenvalue weighted by Gasteiger charge is 2.20. The van der Waals surface area contributed by atoms with Gasteiger partial charge in [-0.2, -0.15) is 0 Å². The first-order valence-corrected chi connectivity index (χ1v) is 7.30. The standard InChI is InChI=1S/C18H22ClN/c1-10-11(2)13(4)17(14(5)12(10)3)18(20)15-8-6-7-9-16(15)19/h6-9,18H,20H2,1-5H3. The number of nitrogens with two attached hydrogens (primary N) is 1. The van der Waals surface area contributed by atoms with Crippen LogP contribution in [0.25, 0.3) is 0 Å². The SMILES string of the molecule is Cc1c(C)c(C)c(C(N)c2ccccc2Cl)c(C)c1C. The van der Waals surface area contributed by atoms with E-state index in [0.717, 1.165) is 10.6 Å². The molecule has 0 aliphatic heterocycles. The largest absolute Gasteiger partial charge is 0.320 e. The summed E-state index contributed by atoms with van der Waals surface area (Å²) in [5.41, 5.74) is 15.3. The minimum absolute atomic E-state index is 0.179. The lowest BCUT2D eigenvalue weighted by Gasteiger charge is -2.24. The molecule has 0 spiro atoms. The number of halogens is 1. The average Bonchev–Trinajstić information content (AvgIpc) is 2.43. The van der Waals surface area contributed by atoms with Gasteiger partial charge in [-0.25, -0.2) is 0 Å². The first-order chi connectivity index (χ1) is 9.36. The summed E-state index contributed by atoms with van der Waals surface area (Å²) in [5, 5.41) is 0.731. The Morgan fingerprint density at radius 2 is 1.25 bits per heavy atom. The van der Waals surface area contributed by atoms with Crippen LogP contribution in [0.5, 0.6) is 0 Å². The van der Waals surface area contributed by atoms with E-state index in [2.05, 4.69) is 34.6 Å². The van der Waals surface area contributed by atoms with Crippen LogP contribution in [-0.2, 0) is 0 Å². The second-order valence-corrected chi connectivity index (χ2v) is 5.95. The van der Waals surface area contributed by atoms with Crippen LogP contribution in [0.1, 0.15) is 45.0 Å². The molecule has 2 heteroatoms. The molecular weight excluding hydrogens is 266 g/mol. The van der Waals surface area contributed by atoms with E-state index in [1.165, 1.54) is 33.4 Å². The van der Waals surface area contributed by atoms with Crippen molar-refractivity contribution in [3.8, 4) is 0 Å². The van der Waals surface area contributed by atoms with Gasteiger partial charge in [0.05, 0.1) is 6.04 Å². The van der Waals surface area contributed by atoms with Crippen molar-refractivity contribution in [2.45, 2.75) is 40.7 Å². The number of hydrogen-bond donors (Lipinski definition) is 1. The van der Waals surface area contributed by atoms with E-state index in [1.807, 2.05) is 24.3 Å². The Morgan fingerprint density at radius 3 is 1.75 bits per heavy atom. The zero-order valence-corrected chi connectivity index (χ0v) is 13.6. The summed E-state index contributed by atoms with van der Waals surface area (Å²) in [6.07, 6.45) is 0. The lowest BCUT2D eigenvalue weighted by Crippen LogP contribution is -2.17. The van der Waals surface area contributed by atoms with Crippen LogP contribution in [0.3, 0.4) is 0 Å². The number of benzene rings is 2. The monoisotopic (exact) mass is 287 g/mol. The zero-order chi connectivity index (χ0) is 15.0. The van der Waals surface area contributed by atoms with Gasteiger partial charge in [0.1, 0.15) is 0 Å². The van der Waals surface area contributed by atoms with Gasteiger partial charge in [0, 0.05) is 5.02 Å². The third-order valence-corrected chi connectivity index (χ3v) is 4.95. The molecule has 2 aromatic carbocycles. The van der Waals surface area contributed by atoms with Gasteiger partial charge in [0.25, 0.3) is 0 Å². The van der Waals surface area contributed by atoms with Gasteiger partial charge >= 0.3 is 0 Å². The molecule has 0 saturated heterocycles. The molecule has 0 aromatic heterocycles. The third-order valence-electron chi connectivity index (χ3n) is 4.61. The fourth-order valence-electron chi connectivity index (χ4n) is 2.88. The number of hydrogen-bond acceptors (Lipinski definition) is 1. The van der Waals surface area contributed by atoms with Gasteiger partial charge in [-0.1, -0.05) is 29.8 Å². The van der Waals surface area contributed by atoms with Crippen LogP contribution < -0.4 is 5.73 Å². The van der Waals surface area contributed by atoms with Crippen molar-refractivity contribution in [1.82, 2.24) is 0 Å². The molecular formula is C18H22ClN. The van der Waals surface area contributed by atoms with Crippen molar-refractivity contribution in [1.29, 1.82) is 0 Å². The summed E-state index contributed by atoms with van der Waals surface area (Å²) in [4.78, 5) is 0. The predicted molar refractivity (Wildman–Crippen MR) is 87.6 cm³/mol. The topological polar surface area (TPSA) is 26.0 Å². The molecule has 1 unspecified atom stereocenters. The van der Waals surface area contributed by atoms with Crippen LogP contribution in [-0.4, -0.2) is 0 Å². The first-order valence-electron chi connectivity index (χ1n) is 6.93. The zero-order valence-electron chi connectivity index (χ0n) is 12.8. The summed E-state index contributed by atoms with van der Waals surface area (Å²) in [6, 6.07) is 7.65. The lowest BCUT2D eigenvalue weighted by atomic mass is 9.84. The van der Waals surface area contributed by atoms with Gasteiger partial charge < -0.3 is 5.73 Å². The Morgan fingerprint density at radius 1 is 0.800 bits per heavy atom. The molecule has 0 aliphatic carbocycles. The van der Waals surface area contributed by atoms with E-state index in [0.29, 0.717) is 0 Å². The van der Waals surface area contributed by atoms with Crippen LogP contribution in [0.2, 0.25) is 5.02 Å². The van der Waals surface area contributed by atoms with E-state index >= 15 is 0 Å². The molecule has 20 heavy (non-hydrogen) atoms. The summed E-state index contributed by atoms with van der Waals surface area (Å²) in [6.45, 7) is 10.8. The molecule has 2 rings (SSSR count). The van der Waals surface area contributed by atoms with E-state index in [1.54, 1.807) is 0 Å². The van der Waals surface area contributed by atoms with Crippen molar-refractivity contribution < 1.29 is 0 Å². The normalized spacial score (nSPS) is 12.6. The minimum atomic E-state index is -0.179. The van der Waals surface area contributed by atoms with Crippen LogP contribution >= 0.6 is 11.6 Å². The fourth-order valence-corrected chi connectivity index (χ4v) is 3.13. The third kappa shape index (κ3) is 2.36. The van der Waals surface area contributed by atoms with Crippen molar-refractivity contribution in [3.63, 3.8) is 0 Å². The highest BCUT2D eigenvalue weighted by atomic mass is 35.5. The molecule has 0 fully saturated rings. The Bertz CT molecular complexity index is 630. The van der Waals surface area contributed by atoms with Gasteiger partial charge in [-0.05, 0) is 79.6 Å². The average molecular weight is 288 g/mol. The van der Waals surface area contributed by atoms with Gasteiger partial charge in [0.2, 0.25) is 0 Å². The summed E-state index contributed by atoms with van der Waals surface area (Å²) in [7, 11) is 0. The molecule has 0 amide bonds. The van der Waals surface area contributed by atoms with Crippen molar-refractivity contribution in [2.75, 3.05) is 0 Å².